The Bertz CT molecular complexity index is 344. The molecule has 0 N–H and O–H groups in total. The summed E-state index contributed by atoms with van der Waals surface area (Å²) in [6.07, 6.45) is 3.48. The van der Waals surface area contributed by atoms with Crippen molar-refractivity contribution in [1.82, 2.24) is 0 Å². The Morgan fingerprint density at radius 3 is 0.960 bits per heavy atom. The Morgan fingerprint density at radius 2 is 0.960 bits per heavy atom. The van der Waals surface area contributed by atoms with E-state index in [1.807, 2.05) is 27.7 Å². The second-order valence-corrected chi connectivity index (χ2v) is 6.43. The summed E-state index contributed by atoms with van der Waals surface area (Å²) < 4.78 is 56.0. The van der Waals surface area contributed by atoms with Gasteiger partial charge in [0.25, 0.3) is 6.08 Å². The van der Waals surface area contributed by atoms with Gasteiger partial charge in [-0.25, -0.2) is 13.2 Å². The predicted molar refractivity (Wildman–Crippen MR) is 100 cm³/mol. The Morgan fingerprint density at radius 1 is 0.680 bits per heavy atom. The van der Waals surface area contributed by atoms with Crippen LogP contribution in [-0.2, 0) is 0 Å². The van der Waals surface area contributed by atoms with Gasteiger partial charge in [-0.2, -0.15) is 8.78 Å². The highest BCUT2D eigenvalue weighted by Crippen LogP contribution is 2.05. The molecule has 0 aliphatic rings. The zero-order valence-electron chi connectivity index (χ0n) is 16.8. The second kappa shape index (κ2) is 22.6. The molecular formula is C20H35F5. The molecule has 0 fully saturated rings. The van der Waals surface area contributed by atoms with E-state index in [4.69, 9.17) is 0 Å². The molecule has 0 amide bonds. The molecule has 0 aliphatic carbocycles. The summed E-state index contributed by atoms with van der Waals surface area (Å²) in [6, 6.07) is 0. The van der Waals surface area contributed by atoms with Crippen LogP contribution in [0.1, 0.15) is 55.4 Å². The van der Waals surface area contributed by atoms with Crippen LogP contribution in [0.2, 0.25) is 0 Å². The van der Waals surface area contributed by atoms with Crippen LogP contribution in [0.3, 0.4) is 0 Å². The zero-order chi connectivity index (χ0) is 21.0. The molecule has 0 aromatic carbocycles. The van der Waals surface area contributed by atoms with Crippen LogP contribution in [0.25, 0.3) is 0 Å². The third-order valence-corrected chi connectivity index (χ3v) is 2.00. The van der Waals surface area contributed by atoms with E-state index in [2.05, 4.69) is 6.58 Å². The first-order valence-electron chi connectivity index (χ1n) is 8.22. The van der Waals surface area contributed by atoms with Crippen molar-refractivity contribution in [3.05, 3.63) is 49.4 Å². The van der Waals surface area contributed by atoms with E-state index in [0.717, 1.165) is 6.08 Å². The topological polar surface area (TPSA) is 0 Å². The molecule has 25 heavy (non-hydrogen) atoms. The van der Waals surface area contributed by atoms with Gasteiger partial charge in [0.15, 0.2) is 0 Å². The van der Waals surface area contributed by atoms with E-state index in [1.54, 1.807) is 27.7 Å². The largest absolute Gasteiger partial charge is 0.266 e. The van der Waals surface area contributed by atoms with Crippen LogP contribution in [0.4, 0.5) is 22.0 Å². The number of halogens is 5. The highest BCUT2D eigenvalue weighted by molar-refractivity contribution is 4.83. The maximum atomic E-state index is 11.6. The van der Waals surface area contributed by atoms with Crippen molar-refractivity contribution in [3.63, 3.8) is 0 Å². The summed E-state index contributed by atoms with van der Waals surface area (Å²) in [7, 11) is 0. The van der Waals surface area contributed by atoms with E-state index >= 15 is 0 Å². The Hall–Kier alpha value is -1.39. The second-order valence-electron chi connectivity index (χ2n) is 6.43. The number of rotatable bonds is 4. The maximum Gasteiger partial charge on any atom is 0.266 e. The smallest absolute Gasteiger partial charge is 0.216 e. The molecule has 0 spiro atoms. The third kappa shape index (κ3) is 60.4. The van der Waals surface area contributed by atoms with Crippen molar-refractivity contribution in [2.75, 3.05) is 0 Å². The molecule has 0 heterocycles. The summed E-state index contributed by atoms with van der Waals surface area (Å²) in [4.78, 5) is 0. The van der Waals surface area contributed by atoms with Crippen LogP contribution in [0.15, 0.2) is 49.4 Å². The van der Waals surface area contributed by atoms with Gasteiger partial charge in [0, 0.05) is 5.92 Å². The minimum atomic E-state index is -1.59. The lowest BCUT2D eigenvalue weighted by Crippen LogP contribution is -1.81. The maximum absolute atomic E-state index is 11.6. The Labute approximate surface area is 151 Å². The molecular weight excluding hydrogens is 335 g/mol. The van der Waals surface area contributed by atoms with Gasteiger partial charge >= 0.3 is 0 Å². The molecule has 0 aromatic heterocycles. The van der Waals surface area contributed by atoms with Gasteiger partial charge in [-0.05, 0) is 23.8 Å². The average Bonchev–Trinajstić information content (AvgIpc) is 2.38. The minimum absolute atomic E-state index is 0.00926. The third-order valence-electron chi connectivity index (χ3n) is 2.00. The molecule has 0 bridgehead atoms. The monoisotopic (exact) mass is 370 g/mol. The van der Waals surface area contributed by atoms with E-state index in [9.17, 15) is 22.0 Å². The van der Waals surface area contributed by atoms with Crippen LogP contribution in [0, 0.1) is 23.7 Å². The molecule has 0 aromatic rings. The van der Waals surface area contributed by atoms with E-state index in [1.165, 1.54) is 12.2 Å². The van der Waals surface area contributed by atoms with Gasteiger partial charge in [0.2, 0.25) is 0 Å². The summed E-state index contributed by atoms with van der Waals surface area (Å²) in [5.74, 6) is 0.398. The van der Waals surface area contributed by atoms with Crippen LogP contribution >= 0.6 is 0 Å². The first-order valence-corrected chi connectivity index (χ1v) is 8.22. The fourth-order valence-corrected chi connectivity index (χ4v) is 0.543. The minimum Gasteiger partial charge on any atom is -0.216 e. The Balaban J connectivity index is -0.000000118. The first-order chi connectivity index (χ1) is 11.3. The fraction of sp³-hybridized carbons (Fsp3) is 0.600. The lowest BCUT2D eigenvalue weighted by Gasteiger charge is -1.92. The Kier molecular flexibility index (Phi) is 28.4. The zero-order valence-corrected chi connectivity index (χ0v) is 16.8. The summed E-state index contributed by atoms with van der Waals surface area (Å²) >= 11 is 0. The molecule has 0 saturated heterocycles. The van der Waals surface area contributed by atoms with Gasteiger partial charge in [-0.3, -0.25) is 0 Å². The van der Waals surface area contributed by atoms with Crippen molar-refractivity contribution in [3.8, 4) is 0 Å². The van der Waals surface area contributed by atoms with Gasteiger partial charge in [-0.15, -0.1) is 0 Å². The number of hydrogen-bond donors (Lipinski definition) is 0. The SMILES string of the molecule is C=C(F)C(C)C.CC(C)/C=C/F.CC(C)/C=C\F.CC(C)C=C(F)F. The van der Waals surface area contributed by atoms with Crippen molar-refractivity contribution >= 4 is 0 Å². The standard InChI is InChI=1S/C5H8F2.3C5H9F/c1-4(2)3-5(6)7;2*1-5(2)3-4-6;1-4(2)5(3)6/h3-4H,1-2H3;2*3-5H,1-2H3;4H,3H2,1-2H3/b;4-3+;4-3-;. The molecule has 0 radical (unpaired) electrons. The average molecular weight is 370 g/mol. The summed E-state index contributed by atoms with van der Waals surface area (Å²) in [5.41, 5.74) is 0. The van der Waals surface area contributed by atoms with E-state index < -0.39 is 6.08 Å². The number of hydrogen-bond acceptors (Lipinski definition) is 0. The molecule has 150 valence electrons. The lowest BCUT2D eigenvalue weighted by atomic mass is 10.2. The number of allylic oxidation sites excluding steroid dienone is 4. The molecule has 0 atom stereocenters. The van der Waals surface area contributed by atoms with Gasteiger partial charge in [0.05, 0.1) is 18.5 Å². The normalized spacial score (nSPS) is 10.3. The van der Waals surface area contributed by atoms with Crippen LogP contribution in [-0.4, -0.2) is 0 Å². The quantitative estimate of drug-likeness (QED) is 0.434. The highest BCUT2D eigenvalue weighted by atomic mass is 19.3. The van der Waals surface area contributed by atoms with Gasteiger partial charge in [-0.1, -0.05) is 74.1 Å². The fourth-order valence-electron chi connectivity index (χ4n) is 0.543. The summed E-state index contributed by atoms with van der Waals surface area (Å²) in [6.45, 7) is 17.7. The van der Waals surface area contributed by atoms with Gasteiger partial charge < -0.3 is 0 Å². The van der Waals surface area contributed by atoms with Gasteiger partial charge in [0.1, 0.15) is 0 Å². The molecule has 0 nitrogen and oxygen atoms in total. The van der Waals surface area contributed by atoms with Crippen molar-refractivity contribution in [2.24, 2.45) is 23.7 Å². The molecule has 0 saturated carbocycles. The molecule has 0 aliphatic heterocycles. The molecule has 0 unspecified atom stereocenters. The lowest BCUT2D eigenvalue weighted by molar-refractivity contribution is 0.412. The molecule has 5 heteroatoms. The van der Waals surface area contributed by atoms with Crippen LogP contribution in [0.5, 0.6) is 0 Å². The molecule has 0 rings (SSSR count). The van der Waals surface area contributed by atoms with Crippen LogP contribution < -0.4 is 0 Å². The van der Waals surface area contributed by atoms with Crippen molar-refractivity contribution in [2.45, 2.75) is 55.4 Å². The highest BCUT2D eigenvalue weighted by Gasteiger charge is 1.92. The van der Waals surface area contributed by atoms with Crippen molar-refractivity contribution < 1.29 is 22.0 Å². The first kappa shape index (κ1) is 31.4. The van der Waals surface area contributed by atoms with Crippen molar-refractivity contribution in [1.29, 1.82) is 0 Å². The van der Waals surface area contributed by atoms with E-state index in [0.29, 0.717) is 24.5 Å². The summed E-state index contributed by atoms with van der Waals surface area (Å²) in [5, 5.41) is 0. The van der Waals surface area contributed by atoms with E-state index in [-0.39, 0.29) is 17.7 Å². The predicted octanol–water partition coefficient (Wildman–Crippen LogP) is 8.80.